The molecule has 2 rings (SSSR count). The zero-order valence-corrected chi connectivity index (χ0v) is 16.6. The number of nitrogens with zero attached hydrogens (tertiary/aromatic N) is 1. The van der Waals surface area contributed by atoms with Crippen LogP contribution in [0.4, 0.5) is 11.4 Å². The fraction of sp³-hybridized carbons (Fsp3) is 0.391. The van der Waals surface area contributed by atoms with Gasteiger partial charge < -0.3 is 10.2 Å². The molecule has 2 amide bonds. The summed E-state index contributed by atoms with van der Waals surface area (Å²) < 4.78 is 0. The van der Waals surface area contributed by atoms with Crippen LogP contribution in [0.15, 0.2) is 54.6 Å². The fourth-order valence-corrected chi connectivity index (χ4v) is 3.12. The third-order valence-electron chi connectivity index (χ3n) is 4.80. The van der Waals surface area contributed by atoms with Gasteiger partial charge in [-0.25, -0.2) is 0 Å². The highest BCUT2D eigenvalue weighted by Gasteiger charge is 2.18. The van der Waals surface area contributed by atoms with E-state index in [9.17, 15) is 9.59 Å². The number of rotatable bonds is 9. The van der Waals surface area contributed by atoms with Crippen LogP contribution in [0.1, 0.15) is 56.8 Å². The summed E-state index contributed by atoms with van der Waals surface area (Å²) >= 11 is 0. The van der Waals surface area contributed by atoms with Crippen LogP contribution >= 0.6 is 0 Å². The predicted molar refractivity (Wildman–Crippen MR) is 112 cm³/mol. The van der Waals surface area contributed by atoms with E-state index in [0.717, 1.165) is 37.1 Å². The SMILES string of the molecule is CCCC[C@@H](CC)C(=O)Nc1ccc(C(=O)N(CC)c2ccccc2)cc1. The lowest BCUT2D eigenvalue weighted by atomic mass is 9.98. The standard InChI is InChI=1S/C23H30N2O2/c1-4-7-11-18(5-2)22(26)24-20-16-14-19(15-17-20)23(27)25(6-3)21-12-9-8-10-13-21/h8-10,12-18H,4-7,11H2,1-3H3,(H,24,26)/t18-/m1/s1. The first-order chi connectivity index (χ1) is 13.1. The Hall–Kier alpha value is -2.62. The smallest absolute Gasteiger partial charge is 0.258 e. The van der Waals surface area contributed by atoms with Gasteiger partial charge in [-0.1, -0.05) is 44.9 Å². The number of para-hydroxylation sites is 1. The zero-order chi connectivity index (χ0) is 19.6. The molecule has 0 aromatic heterocycles. The first-order valence-corrected chi connectivity index (χ1v) is 9.88. The minimum Gasteiger partial charge on any atom is -0.326 e. The highest BCUT2D eigenvalue weighted by molar-refractivity contribution is 6.06. The molecule has 2 aromatic rings. The van der Waals surface area contributed by atoms with Crippen molar-refractivity contribution in [2.24, 2.45) is 5.92 Å². The van der Waals surface area contributed by atoms with Crippen molar-refractivity contribution in [1.82, 2.24) is 0 Å². The van der Waals surface area contributed by atoms with E-state index in [2.05, 4.69) is 12.2 Å². The second-order valence-corrected chi connectivity index (χ2v) is 6.70. The van der Waals surface area contributed by atoms with E-state index in [4.69, 9.17) is 0 Å². The minimum absolute atomic E-state index is 0.0416. The Bertz CT molecular complexity index is 726. The van der Waals surface area contributed by atoms with Crippen LogP contribution in [-0.2, 0) is 4.79 Å². The van der Waals surface area contributed by atoms with Crippen molar-refractivity contribution in [3.63, 3.8) is 0 Å². The Balaban J connectivity index is 2.05. The number of carbonyl (C=O) groups excluding carboxylic acids is 2. The molecule has 4 heteroatoms. The Morgan fingerprint density at radius 3 is 2.19 bits per heavy atom. The summed E-state index contributed by atoms with van der Waals surface area (Å²) in [7, 11) is 0. The highest BCUT2D eigenvalue weighted by atomic mass is 16.2. The number of anilines is 2. The normalized spacial score (nSPS) is 11.7. The molecule has 0 aliphatic rings. The number of hydrogen-bond acceptors (Lipinski definition) is 2. The van der Waals surface area contributed by atoms with Gasteiger partial charge in [0, 0.05) is 29.4 Å². The molecule has 0 unspecified atom stereocenters. The van der Waals surface area contributed by atoms with Gasteiger partial charge in [0.05, 0.1) is 0 Å². The summed E-state index contributed by atoms with van der Waals surface area (Å²) in [6.45, 7) is 6.73. The molecule has 4 nitrogen and oxygen atoms in total. The molecule has 0 bridgehead atoms. The first kappa shape index (κ1) is 20.7. The van der Waals surface area contributed by atoms with Crippen molar-refractivity contribution < 1.29 is 9.59 Å². The lowest BCUT2D eigenvalue weighted by molar-refractivity contribution is -0.120. The minimum atomic E-state index is -0.0454. The van der Waals surface area contributed by atoms with Gasteiger partial charge in [0.25, 0.3) is 5.91 Å². The van der Waals surface area contributed by atoms with E-state index in [1.807, 2.05) is 44.2 Å². The third-order valence-corrected chi connectivity index (χ3v) is 4.80. The molecule has 0 spiro atoms. The van der Waals surface area contributed by atoms with Crippen molar-refractivity contribution in [2.45, 2.75) is 46.5 Å². The first-order valence-electron chi connectivity index (χ1n) is 9.88. The lowest BCUT2D eigenvalue weighted by Gasteiger charge is -2.21. The number of nitrogens with one attached hydrogen (secondary N) is 1. The maximum Gasteiger partial charge on any atom is 0.258 e. The van der Waals surface area contributed by atoms with E-state index in [1.165, 1.54) is 0 Å². The number of hydrogen-bond donors (Lipinski definition) is 1. The van der Waals surface area contributed by atoms with Crippen LogP contribution in [0.2, 0.25) is 0 Å². The number of benzene rings is 2. The second kappa shape index (κ2) is 10.5. The van der Waals surface area contributed by atoms with Gasteiger partial charge in [-0.05, 0) is 56.2 Å². The molecule has 0 fully saturated rings. The molecule has 0 saturated heterocycles. The summed E-state index contributed by atoms with van der Waals surface area (Å²) in [5.74, 6) is 0.0559. The van der Waals surface area contributed by atoms with Crippen molar-refractivity contribution >= 4 is 23.2 Å². The second-order valence-electron chi connectivity index (χ2n) is 6.70. The van der Waals surface area contributed by atoms with E-state index in [1.54, 1.807) is 29.2 Å². The van der Waals surface area contributed by atoms with Crippen molar-refractivity contribution in [2.75, 3.05) is 16.8 Å². The van der Waals surface area contributed by atoms with Gasteiger partial charge in [0.1, 0.15) is 0 Å². The van der Waals surface area contributed by atoms with E-state index < -0.39 is 0 Å². The van der Waals surface area contributed by atoms with Crippen LogP contribution in [0, 0.1) is 5.92 Å². The molecule has 27 heavy (non-hydrogen) atoms. The van der Waals surface area contributed by atoms with Crippen molar-refractivity contribution in [1.29, 1.82) is 0 Å². The number of carbonyl (C=O) groups is 2. The van der Waals surface area contributed by atoms with Gasteiger partial charge >= 0.3 is 0 Å². The fourth-order valence-electron chi connectivity index (χ4n) is 3.12. The molecule has 1 atom stereocenters. The average molecular weight is 367 g/mol. The average Bonchev–Trinajstić information content (AvgIpc) is 2.70. The molecule has 0 aliphatic heterocycles. The summed E-state index contributed by atoms with van der Waals surface area (Å²) in [5.41, 5.74) is 2.22. The Labute approximate surface area is 162 Å². The van der Waals surface area contributed by atoms with Gasteiger partial charge in [-0.3, -0.25) is 9.59 Å². The number of amides is 2. The van der Waals surface area contributed by atoms with E-state index in [-0.39, 0.29) is 17.7 Å². The van der Waals surface area contributed by atoms with Crippen LogP contribution in [0.25, 0.3) is 0 Å². The molecule has 0 saturated carbocycles. The lowest BCUT2D eigenvalue weighted by Crippen LogP contribution is -2.30. The van der Waals surface area contributed by atoms with Crippen LogP contribution in [0.3, 0.4) is 0 Å². The van der Waals surface area contributed by atoms with Crippen LogP contribution in [-0.4, -0.2) is 18.4 Å². The monoisotopic (exact) mass is 366 g/mol. The molecular formula is C23H30N2O2. The van der Waals surface area contributed by atoms with E-state index in [0.29, 0.717) is 12.1 Å². The molecule has 0 aliphatic carbocycles. The molecule has 2 aromatic carbocycles. The van der Waals surface area contributed by atoms with E-state index >= 15 is 0 Å². The molecule has 144 valence electrons. The van der Waals surface area contributed by atoms with Crippen LogP contribution < -0.4 is 10.2 Å². The van der Waals surface area contributed by atoms with Gasteiger partial charge in [-0.15, -0.1) is 0 Å². The van der Waals surface area contributed by atoms with Gasteiger partial charge in [0.2, 0.25) is 5.91 Å². The molecule has 0 heterocycles. The van der Waals surface area contributed by atoms with Crippen molar-refractivity contribution in [3.05, 3.63) is 60.2 Å². The summed E-state index contributed by atoms with van der Waals surface area (Å²) in [6.07, 6.45) is 3.91. The van der Waals surface area contributed by atoms with Gasteiger partial charge in [-0.2, -0.15) is 0 Å². The Morgan fingerprint density at radius 2 is 1.63 bits per heavy atom. The highest BCUT2D eigenvalue weighted by Crippen LogP contribution is 2.19. The maximum absolute atomic E-state index is 12.8. The topological polar surface area (TPSA) is 49.4 Å². The maximum atomic E-state index is 12.8. The van der Waals surface area contributed by atoms with Crippen LogP contribution in [0.5, 0.6) is 0 Å². The predicted octanol–water partition coefficient (Wildman–Crippen LogP) is 5.51. The quantitative estimate of drug-likeness (QED) is 0.636. The summed E-state index contributed by atoms with van der Waals surface area (Å²) in [4.78, 5) is 27.0. The number of unbranched alkanes of at least 4 members (excludes halogenated alkanes) is 1. The molecule has 0 radical (unpaired) electrons. The zero-order valence-electron chi connectivity index (χ0n) is 16.6. The van der Waals surface area contributed by atoms with Crippen molar-refractivity contribution in [3.8, 4) is 0 Å². The summed E-state index contributed by atoms with van der Waals surface area (Å²) in [6, 6.07) is 16.8. The van der Waals surface area contributed by atoms with Gasteiger partial charge in [0.15, 0.2) is 0 Å². The largest absolute Gasteiger partial charge is 0.326 e. The third kappa shape index (κ3) is 5.68. The molecule has 1 N–H and O–H groups in total. The Morgan fingerprint density at radius 1 is 0.963 bits per heavy atom. The Kier molecular flexibility index (Phi) is 8.05. The summed E-state index contributed by atoms with van der Waals surface area (Å²) in [5, 5.41) is 2.98. The molecular weight excluding hydrogens is 336 g/mol.